The third kappa shape index (κ3) is 3.54. The second kappa shape index (κ2) is 7.03. The molecule has 0 aliphatic heterocycles. The number of hydrogen-bond donors (Lipinski definition) is 4. The highest BCUT2D eigenvalue weighted by Gasteiger charge is 2.12. The zero-order valence-corrected chi connectivity index (χ0v) is 10.4. The highest BCUT2D eigenvalue weighted by atomic mass is 16.3. The van der Waals surface area contributed by atoms with Gasteiger partial charge in [-0.25, -0.2) is 15.8 Å². The molecule has 0 fully saturated rings. The zero-order chi connectivity index (χ0) is 12.7. The van der Waals surface area contributed by atoms with Gasteiger partial charge >= 0.3 is 0 Å². The first-order chi connectivity index (χ1) is 8.26. The Morgan fingerprint density at radius 3 is 2.59 bits per heavy atom. The molecule has 0 bridgehead atoms. The number of hydrazine groups is 1. The normalized spacial score (nSPS) is 12.2. The van der Waals surface area contributed by atoms with Crippen molar-refractivity contribution in [2.45, 2.75) is 39.2 Å². The van der Waals surface area contributed by atoms with Crippen molar-refractivity contribution in [1.29, 1.82) is 0 Å². The number of aromatic nitrogens is 2. The maximum atomic E-state index is 9.19. The minimum Gasteiger partial charge on any atom is -0.394 e. The Morgan fingerprint density at radius 2 is 2.06 bits per heavy atom. The van der Waals surface area contributed by atoms with E-state index in [-0.39, 0.29) is 12.6 Å². The number of nitrogen functional groups attached to an aromatic ring is 1. The van der Waals surface area contributed by atoms with Crippen molar-refractivity contribution in [3.05, 3.63) is 11.9 Å². The summed E-state index contributed by atoms with van der Waals surface area (Å²) in [7, 11) is 0. The molecule has 17 heavy (non-hydrogen) atoms. The van der Waals surface area contributed by atoms with E-state index in [1.54, 1.807) is 0 Å². The molecule has 1 atom stereocenters. The Hall–Kier alpha value is -1.40. The Balaban J connectivity index is 2.96. The topological polar surface area (TPSA) is 96.1 Å². The smallest absolute Gasteiger partial charge is 0.148 e. The summed E-state index contributed by atoms with van der Waals surface area (Å²) < 4.78 is 0. The first-order valence-electron chi connectivity index (χ1n) is 5.94. The number of nitrogens with zero attached hydrogens (tertiary/aromatic N) is 2. The van der Waals surface area contributed by atoms with Gasteiger partial charge in [0.15, 0.2) is 0 Å². The van der Waals surface area contributed by atoms with Gasteiger partial charge < -0.3 is 15.8 Å². The second-order valence-corrected chi connectivity index (χ2v) is 3.88. The second-order valence-electron chi connectivity index (χ2n) is 3.88. The summed E-state index contributed by atoms with van der Waals surface area (Å²) >= 11 is 0. The minimum absolute atomic E-state index is 0.00568. The van der Waals surface area contributed by atoms with Gasteiger partial charge in [0.2, 0.25) is 0 Å². The fourth-order valence-corrected chi connectivity index (χ4v) is 1.62. The number of aliphatic hydroxyl groups excluding tert-OH is 1. The monoisotopic (exact) mass is 239 g/mol. The van der Waals surface area contributed by atoms with E-state index >= 15 is 0 Å². The molecule has 1 aromatic rings. The summed E-state index contributed by atoms with van der Waals surface area (Å²) in [5, 5.41) is 12.4. The Labute approximate surface area is 102 Å². The van der Waals surface area contributed by atoms with Crippen LogP contribution in [0.5, 0.6) is 0 Å². The Bertz CT molecular complexity index is 341. The largest absolute Gasteiger partial charge is 0.394 e. The van der Waals surface area contributed by atoms with Crippen LogP contribution >= 0.6 is 0 Å². The van der Waals surface area contributed by atoms with Gasteiger partial charge in [-0.15, -0.1) is 0 Å². The van der Waals surface area contributed by atoms with Crippen molar-refractivity contribution in [3.8, 4) is 0 Å². The fourth-order valence-electron chi connectivity index (χ4n) is 1.62. The van der Waals surface area contributed by atoms with E-state index in [9.17, 15) is 5.11 Å². The minimum atomic E-state index is 0.00568. The van der Waals surface area contributed by atoms with Crippen molar-refractivity contribution in [3.63, 3.8) is 0 Å². The predicted octanol–water partition coefficient (Wildman–Crippen LogP) is 0.898. The van der Waals surface area contributed by atoms with Gasteiger partial charge in [-0.05, 0) is 12.8 Å². The van der Waals surface area contributed by atoms with Crippen LogP contribution in [0.2, 0.25) is 0 Å². The van der Waals surface area contributed by atoms with Crippen LogP contribution in [0.4, 0.5) is 11.6 Å². The third-order valence-corrected chi connectivity index (χ3v) is 2.64. The number of aliphatic hydroxyl groups is 1. The van der Waals surface area contributed by atoms with Crippen molar-refractivity contribution in [1.82, 2.24) is 9.97 Å². The molecule has 0 aromatic carbocycles. The molecular weight excluding hydrogens is 218 g/mol. The van der Waals surface area contributed by atoms with Crippen LogP contribution in [0.3, 0.4) is 0 Å². The number of anilines is 2. The number of nitrogens with two attached hydrogens (primary N) is 1. The lowest BCUT2D eigenvalue weighted by Gasteiger charge is -2.18. The molecular formula is C11H21N5O. The molecule has 6 heteroatoms. The van der Waals surface area contributed by atoms with Gasteiger partial charge in [-0.1, -0.05) is 20.3 Å². The van der Waals surface area contributed by atoms with Crippen LogP contribution in [0.1, 0.15) is 32.3 Å². The summed E-state index contributed by atoms with van der Waals surface area (Å²) in [6.07, 6.45) is 4.11. The maximum absolute atomic E-state index is 9.19. The fraction of sp³-hybridized carbons (Fsp3) is 0.636. The average molecular weight is 239 g/mol. The van der Waals surface area contributed by atoms with Crippen molar-refractivity contribution in [2.24, 2.45) is 5.84 Å². The highest BCUT2D eigenvalue weighted by Crippen LogP contribution is 2.21. The lowest BCUT2D eigenvalue weighted by Crippen LogP contribution is -2.25. The molecule has 6 nitrogen and oxygen atoms in total. The Morgan fingerprint density at radius 1 is 1.35 bits per heavy atom. The lowest BCUT2D eigenvalue weighted by atomic mass is 10.1. The molecule has 0 saturated heterocycles. The quantitative estimate of drug-likeness (QED) is 0.417. The van der Waals surface area contributed by atoms with Crippen LogP contribution in [0.25, 0.3) is 0 Å². The maximum Gasteiger partial charge on any atom is 0.148 e. The number of hydrogen-bond acceptors (Lipinski definition) is 6. The SMILES string of the molecule is CCCc1c(NN)ncnc1NC(CC)CO. The van der Waals surface area contributed by atoms with Crippen molar-refractivity contribution in [2.75, 3.05) is 17.3 Å². The van der Waals surface area contributed by atoms with E-state index in [4.69, 9.17) is 5.84 Å². The summed E-state index contributed by atoms with van der Waals surface area (Å²) in [4.78, 5) is 8.30. The molecule has 1 rings (SSSR count). The van der Waals surface area contributed by atoms with Gasteiger partial charge in [0, 0.05) is 5.56 Å². The predicted molar refractivity (Wildman–Crippen MR) is 68.6 cm³/mol. The van der Waals surface area contributed by atoms with E-state index in [1.807, 2.05) is 6.92 Å². The first-order valence-corrected chi connectivity index (χ1v) is 5.94. The van der Waals surface area contributed by atoms with Gasteiger partial charge in [-0.3, -0.25) is 0 Å². The third-order valence-electron chi connectivity index (χ3n) is 2.64. The summed E-state index contributed by atoms with van der Waals surface area (Å²) in [6, 6.07) is 0.00568. The Kier molecular flexibility index (Phi) is 5.65. The standard InChI is InChI=1S/C11H21N5O/c1-3-5-9-10(15-8(4-2)6-17)13-7-14-11(9)16-12/h7-8,17H,3-6,12H2,1-2H3,(H2,13,14,15,16). The van der Waals surface area contributed by atoms with E-state index in [0.717, 1.165) is 30.6 Å². The van der Waals surface area contributed by atoms with Crippen LogP contribution in [0.15, 0.2) is 6.33 Å². The zero-order valence-electron chi connectivity index (χ0n) is 10.4. The van der Waals surface area contributed by atoms with Gasteiger partial charge in [0.25, 0.3) is 0 Å². The van der Waals surface area contributed by atoms with E-state index in [0.29, 0.717) is 5.82 Å². The van der Waals surface area contributed by atoms with E-state index < -0.39 is 0 Å². The van der Waals surface area contributed by atoms with Crippen LogP contribution < -0.4 is 16.6 Å². The number of nitrogens with one attached hydrogen (secondary N) is 2. The van der Waals surface area contributed by atoms with Crippen molar-refractivity contribution < 1.29 is 5.11 Å². The van der Waals surface area contributed by atoms with Gasteiger partial charge in [0.1, 0.15) is 18.0 Å². The molecule has 96 valence electrons. The molecule has 0 saturated carbocycles. The summed E-state index contributed by atoms with van der Waals surface area (Å²) in [5.41, 5.74) is 3.54. The summed E-state index contributed by atoms with van der Waals surface area (Å²) in [5.74, 6) is 6.81. The molecule has 0 amide bonds. The van der Waals surface area contributed by atoms with Crippen LogP contribution in [0, 0.1) is 0 Å². The number of rotatable bonds is 7. The molecule has 0 spiro atoms. The molecule has 1 heterocycles. The molecule has 0 aliphatic rings. The molecule has 5 N–H and O–H groups in total. The lowest BCUT2D eigenvalue weighted by molar-refractivity contribution is 0.271. The molecule has 0 radical (unpaired) electrons. The van der Waals surface area contributed by atoms with Gasteiger partial charge in [0.05, 0.1) is 12.6 Å². The van der Waals surface area contributed by atoms with Gasteiger partial charge in [-0.2, -0.15) is 0 Å². The van der Waals surface area contributed by atoms with E-state index in [2.05, 4.69) is 27.6 Å². The summed E-state index contributed by atoms with van der Waals surface area (Å²) in [6.45, 7) is 4.18. The average Bonchev–Trinajstić information content (AvgIpc) is 2.37. The first kappa shape index (κ1) is 13.7. The van der Waals surface area contributed by atoms with Crippen LogP contribution in [-0.4, -0.2) is 27.7 Å². The van der Waals surface area contributed by atoms with Crippen LogP contribution in [-0.2, 0) is 6.42 Å². The van der Waals surface area contributed by atoms with E-state index in [1.165, 1.54) is 6.33 Å². The highest BCUT2D eigenvalue weighted by molar-refractivity contribution is 5.57. The molecule has 0 aliphatic carbocycles. The molecule has 1 aromatic heterocycles. The molecule has 1 unspecified atom stereocenters. The van der Waals surface area contributed by atoms with Crippen molar-refractivity contribution >= 4 is 11.6 Å².